The molecule has 24 heavy (non-hydrogen) atoms. The number of nitrogens with two attached hydrogens (primary N) is 1. The number of aryl methyl sites for hydroxylation is 2. The lowest BCUT2D eigenvalue weighted by atomic mass is 10.1. The highest BCUT2D eigenvalue weighted by molar-refractivity contribution is 5.97. The number of amides is 2. The largest absolute Gasteiger partial charge is 0.481 e. The molecule has 0 radical (unpaired) electrons. The number of rotatable bonds is 5. The summed E-state index contributed by atoms with van der Waals surface area (Å²) in [6.45, 7) is 7.64. The van der Waals surface area contributed by atoms with E-state index in [0.29, 0.717) is 17.0 Å². The molecule has 0 aromatic heterocycles. The van der Waals surface area contributed by atoms with Gasteiger partial charge in [0, 0.05) is 11.3 Å². The summed E-state index contributed by atoms with van der Waals surface area (Å²) in [7, 11) is 0. The Kier molecular flexibility index (Phi) is 5.24. The molecule has 1 atom stereocenters. The number of benzene rings is 2. The van der Waals surface area contributed by atoms with Gasteiger partial charge in [0.2, 0.25) is 5.91 Å². The summed E-state index contributed by atoms with van der Waals surface area (Å²) in [6.07, 6.45) is -0.679. The van der Waals surface area contributed by atoms with Gasteiger partial charge < -0.3 is 15.8 Å². The number of nitrogens with one attached hydrogen (secondary N) is 1. The Morgan fingerprint density at radius 2 is 1.83 bits per heavy atom. The second-order valence-electron chi connectivity index (χ2n) is 5.90. The van der Waals surface area contributed by atoms with Gasteiger partial charge in [0.25, 0.3) is 5.91 Å². The Balaban J connectivity index is 2.10. The maximum atomic E-state index is 12.3. The second kappa shape index (κ2) is 7.17. The first-order valence-electron chi connectivity index (χ1n) is 7.73. The zero-order valence-corrected chi connectivity index (χ0v) is 14.3. The molecule has 0 fully saturated rings. The first kappa shape index (κ1) is 17.5. The van der Waals surface area contributed by atoms with Crippen LogP contribution in [0.25, 0.3) is 0 Å². The number of carbonyl (C=O) groups is 2. The Morgan fingerprint density at radius 3 is 2.50 bits per heavy atom. The maximum absolute atomic E-state index is 12.3. The molecule has 0 bridgehead atoms. The monoisotopic (exact) mass is 326 g/mol. The fourth-order valence-electron chi connectivity index (χ4n) is 2.36. The average Bonchev–Trinajstić information content (AvgIpc) is 2.52. The number of anilines is 1. The molecule has 5 nitrogen and oxygen atoms in total. The van der Waals surface area contributed by atoms with Crippen LogP contribution >= 0.6 is 0 Å². The van der Waals surface area contributed by atoms with Gasteiger partial charge in [0.05, 0.1) is 0 Å². The van der Waals surface area contributed by atoms with E-state index in [-0.39, 0.29) is 5.91 Å². The molecule has 0 spiro atoms. The summed E-state index contributed by atoms with van der Waals surface area (Å²) in [4.78, 5) is 23.5. The van der Waals surface area contributed by atoms with Crippen molar-refractivity contribution in [3.05, 3.63) is 58.7 Å². The minimum Gasteiger partial charge on any atom is -0.481 e. The quantitative estimate of drug-likeness (QED) is 0.886. The van der Waals surface area contributed by atoms with Crippen molar-refractivity contribution in [2.24, 2.45) is 5.73 Å². The molecule has 5 heteroatoms. The van der Waals surface area contributed by atoms with E-state index in [9.17, 15) is 9.59 Å². The van der Waals surface area contributed by atoms with Gasteiger partial charge in [-0.15, -0.1) is 0 Å². The summed E-state index contributed by atoms with van der Waals surface area (Å²) < 4.78 is 5.81. The van der Waals surface area contributed by atoms with Gasteiger partial charge in [-0.2, -0.15) is 0 Å². The van der Waals surface area contributed by atoms with E-state index in [1.54, 1.807) is 25.1 Å². The van der Waals surface area contributed by atoms with Crippen LogP contribution in [0.5, 0.6) is 5.75 Å². The third kappa shape index (κ3) is 4.13. The molecule has 0 aliphatic carbocycles. The van der Waals surface area contributed by atoms with Gasteiger partial charge in [0.1, 0.15) is 5.75 Å². The first-order valence-corrected chi connectivity index (χ1v) is 7.73. The van der Waals surface area contributed by atoms with Crippen molar-refractivity contribution < 1.29 is 14.3 Å². The van der Waals surface area contributed by atoms with Crippen molar-refractivity contribution in [3.8, 4) is 5.75 Å². The van der Waals surface area contributed by atoms with Crippen LogP contribution in [-0.4, -0.2) is 17.9 Å². The van der Waals surface area contributed by atoms with E-state index in [2.05, 4.69) is 11.4 Å². The Labute approximate surface area is 141 Å². The second-order valence-corrected chi connectivity index (χ2v) is 5.90. The molecule has 0 aliphatic rings. The standard InChI is InChI=1S/C19H22N2O3/c1-11-8-12(2)13(3)17(9-11)24-14(4)19(23)21-16-7-5-6-15(10-16)18(20)22/h5-10,14H,1-4H3,(H2,20,22)(H,21,23). The third-order valence-electron chi connectivity index (χ3n) is 3.85. The van der Waals surface area contributed by atoms with E-state index < -0.39 is 12.0 Å². The summed E-state index contributed by atoms with van der Waals surface area (Å²) in [5, 5.41) is 2.73. The minimum atomic E-state index is -0.679. The van der Waals surface area contributed by atoms with E-state index in [0.717, 1.165) is 16.7 Å². The minimum absolute atomic E-state index is 0.296. The van der Waals surface area contributed by atoms with E-state index >= 15 is 0 Å². The van der Waals surface area contributed by atoms with Gasteiger partial charge in [0.15, 0.2) is 6.10 Å². The fraction of sp³-hybridized carbons (Fsp3) is 0.263. The van der Waals surface area contributed by atoms with Crippen molar-refractivity contribution in [2.75, 3.05) is 5.32 Å². The van der Waals surface area contributed by atoms with Crippen LogP contribution in [-0.2, 0) is 4.79 Å². The molecule has 0 aliphatic heterocycles. The summed E-state index contributed by atoms with van der Waals surface area (Å²) >= 11 is 0. The van der Waals surface area contributed by atoms with Crippen LogP contribution in [0.3, 0.4) is 0 Å². The lowest BCUT2D eigenvalue weighted by Gasteiger charge is -2.18. The number of carbonyl (C=O) groups excluding carboxylic acids is 2. The third-order valence-corrected chi connectivity index (χ3v) is 3.85. The number of ether oxygens (including phenoxy) is 1. The molecule has 0 saturated carbocycles. The van der Waals surface area contributed by atoms with Crippen LogP contribution in [0.2, 0.25) is 0 Å². The van der Waals surface area contributed by atoms with E-state index in [1.165, 1.54) is 6.07 Å². The number of hydrogen-bond acceptors (Lipinski definition) is 3. The van der Waals surface area contributed by atoms with Gasteiger partial charge in [-0.1, -0.05) is 12.1 Å². The van der Waals surface area contributed by atoms with Crippen molar-refractivity contribution >= 4 is 17.5 Å². The topological polar surface area (TPSA) is 81.4 Å². The summed E-state index contributed by atoms with van der Waals surface area (Å²) in [5.74, 6) is -0.141. The smallest absolute Gasteiger partial charge is 0.265 e. The Morgan fingerprint density at radius 1 is 1.12 bits per heavy atom. The first-order chi connectivity index (χ1) is 11.3. The highest BCUT2D eigenvalue weighted by Crippen LogP contribution is 2.24. The van der Waals surface area contributed by atoms with Crippen LogP contribution in [0, 0.1) is 20.8 Å². The lowest BCUT2D eigenvalue weighted by molar-refractivity contribution is -0.122. The van der Waals surface area contributed by atoms with Crippen molar-refractivity contribution in [2.45, 2.75) is 33.8 Å². The van der Waals surface area contributed by atoms with Gasteiger partial charge in [-0.05, 0) is 68.7 Å². The predicted octanol–water partition coefficient (Wildman–Crippen LogP) is 3.12. The number of primary amides is 1. The summed E-state index contributed by atoms with van der Waals surface area (Å²) in [5.41, 5.74) is 9.29. The molecule has 0 heterocycles. The Bertz CT molecular complexity index is 784. The van der Waals surface area contributed by atoms with E-state index in [4.69, 9.17) is 10.5 Å². The molecule has 2 aromatic rings. The molecule has 2 amide bonds. The zero-order chi connectivity index (χ0) is 17.9. The molecule has 1 unspecified atom stereocenters. The normalized spacial score (nSPS) is 11.7. The highest BCUT2D eigenvalue weighted by Gasteiger charge is 2.17. The molecule has 0 saturated heterocycles. The van der Waals surface area contributed by atoms with Gasteiger partial charge in [-0.3, -0.25) is 9.59 Å². The number of hydrogen-bond donors (Lipinski definition) is 2. The van der Waals surface area contributed by atoms with Crippen molar-refractivity contribution in [1.29, 1.82) is 0 Å². The average molecular weight is 326 g/mol. The Hall–Kier alpha value is -2.82. The molecule has 2 rings (SSSR count). The highest BCUT2D eigenvalue weighted by atomic mass is 16.5. The maximum Gasteiger partial charge on any atom is 0.265 e. The van der Waals surface area contributed by atoms with E-state index in [1.807, 2.05) is 26.8 Å². The predicted molar refractivity (Wildman–Crippen MR) is 94.3 cm³/mol. The molecule has 3 N–H and O–H groups in total. The van der Waals surface area contributed by atoms with Crippen LogP contribution in [0.4, 0.5) is 5.69 Å². The lowest BCUT2D eigenvalue weighted by Crippen LogP contribution is -2.30. The van der Waals surface area contributed by atoms with Gasteiger partial charge in [-0.25, -0.2) is 0 Å². The SMILES string of the molecule is Cc1cc(C)c(C)c(OC(C)C(=O)Nc2cccc(C(N)=O)c2)c1. The molecule has 126 valence electrons. The zero-order valence-electron chi connectivity index (χ0n) is 14.3. The fourth-order valence-corrected chi connectivity index (χ4v) is 2.36. The van der Waals surface area contributed by atoms with Crippen LogP contribution in [0.15, 0.2) is 36.4 Å². The van der Waals surface area contributed by atoms with Crippen molar-refractivity contribution in [1.82, 2.24) is 0 Å². The van der Waals surface area contributed by atoms with Crippen molar-refractivity contribution in [3.63, 3.8) is 0 Å². The molecular formula is C19H22N2O3. The van der Waals surface area contributed by atoms with Crippen LogP contribution in [0.1, 0.15) is 34.0 Å². The van der Waals surface area contributed by atoms with Gasteiger partial charge >= 0.3 is 0 Å². The molecular weight excluding hydrogens is 304 g/mol. The van der Waals surface area contributed by atoms with Crippen LogP contribution < -0.4 is 15.8 Å². The summed E-state index contributed by atoms with van der Waals surface area (Å²) in [6, 6.07) is 10.5. The molecule has 2 aromatic carbocycles.